The third-order valence-corrected chi connectivity index (χ3v) is 16.7. The molecule has 0 aliphatic rings. The maximum absolute atomic E-state index is 11.7. The maximum atomic E-state index is 11.7. The molecule has 33 heteroatoms. The molecule has 0 spiro atoms. The Morgan fingerprint density at radius 2 is 0.942 bits per heavy atom. The van der Waals surface area contributed by atoms with Crippen molar-refractivity contribution in [2.45, 2.75) is 61.3 Å². The van der Waals surface area contributed by atoms with E-state index >= 15 is 0 Å². The first-order chi connectivity index (χ1) is 49.1. The number of hydrogen-bond donors (Lipinski definition) is 5. The summed E-state index contributed by atoms with van der Waals surface area (Å²) in [5.74, 6) is -1.15. The Morgan fingerprint density at radius 1 is 0.485 bits per heavy atom. The van der Waals surface area contributed by atoms with Crippen molar-refractivity contribution in [2.75, 3.05) is 12.4 Å². The van der Waals surface area contributed by atoms with E-state index in [2.05, 4.69) is 52.0 Å². The van der Waals surface area contributed by atoms with Gasteiger partial charge in [0.1, 0.15) is 90.2 Å². The van der Waals surface area contributed by atoms with Gasteiger partial charge in [-0.05, 0) is 127 Å². The minimum absolute atomic E-state index is 0.0161. The van der Waals surface area contributed by atoms with Crippen molar-refractivity contribution in [2.24, 2.45) is 0 Å². The summed E-state index contributed by atoms with van der Waals surface area (Å²) in [6.07, 6.45) is 3.66. The number of aromatic nitrogens is 8. The number of rotatable bonds is 15. The van der Waals surface area contributed by atoms with Gasteiger partial charge in [-0.2, -0.15) is 0 Å². The van der Waals surface area contributed by atoms with E-state index in [1.54, 1.807) is 131 Å². The van der Waals surface area contributed by atoms with E-state index in [-0.39, 0.29) is 56.3 Å². The number of carboxylic acids is 5. The van der Waals surface area contributed by atoms with Crippen LogP contribution < -0.4 is 4.74 Å². The summed E-state index contributed by atoms with van der Waals surface area (Å²) in [5.41, 5.74) is 8.02. The number of benzene rings is 4. The van der Waals surface area contributed by atoms with E-state index in [1.807, 2.05) is 68.7 Å². The predicted octanol–water partition coefficient (Wildman–Crippen LogP) is 18.2. The van der Waals surface area contributed by atoms with E-state index < -0.39 is 29.8 Å². The van der Waals surface area contributed by atoms with Crippen LogP contribution in [0.5, 0.6) is 5.75 Å². The number of halogens is 5. The van der Waals surface area contributed by atoms with Gasteiger partial charge in [-0.1, -0.05) is 135 Å². The van der Waals surface area contributed by atoms with Gasteiger partial charge in [0, 0.05) is 51.3 Å². The highest BCUT2D eigenvalue weighted by Crippen LogP contribution is 2.37. The van der Waals surface area contributed by atoms with Gasteiger partial charge in [0.25, 0.3) is 0 Å². The number of carbonyl (C=O) groups is 6. The van der Waals surface area contributed by atoms with Gasteiger partial charge < -0.3 is 66.5 Å². The number of carboxylic acid groups (broad SMARTS) is 5. The second-order valence-corrected chi connectivity index (χ2v) is 24.1. The Balaban J connectivity index is 0.000000169. The Kier molecular flexibility index (Phi) is 28.4. The zero-order valence-electron chi connectivity index (χ0n) is 55.5. The van der Waals surface area contributed by atoms with Crippen LogP contribution in [-0.4, -0.2) is 114 Å². The average Bonchev–Trinajstić information content (AvgIpc) is 1.73. The van der Waals surface area contributed by atoms with Crippen molar-refractivity contribution in [3.63, 3.8) is 0 Å². The number of methoxy groups -OCH3 is 1. The summed E-state index contributed by atoms with van der Waals surface area (Å²) in [6.45, 7) is 13.4. The van der Waals surface area contributed by atoms with Gasteiger partial charge in [0.2, 0.25) is 5.76 Å². The van der Waals surface area contributed by atoms with Crippen LogP contribution in [0.1, 0.15) is 113 Å². The first kappa shape index (κ1) is 79.1. The number of aromatic carboxylic acids is 5. The van der Waals surface area contributed by atoms with Crippen molar-refractivity contribution in [3.8, 4) is 67.9 Å². The Bertz CT molecular complexity index is 5010. The highest BCUT2D eigenvalue weighted by atomic mass is 79.9. The van der Waals surface area contributed by atoms with Gasteiger partial charge in [0.15, 0.2) is 11.5 Å². The third-order valence-electron chi connectivity index (χ3n) is 14.2. The number of thiophene rings is 1. The molecule has 0 atom stereocenters. The zero-order valence-corrected chi connectivity index (χ0v) is 60.9. The minimum Gasteiger partial charge on any atom is -0.497 e. The lowest BCUT2D eigenvalue weighted by molar-refractivity contribution is 0.0684. The monoisotopic (exact) mass is 1570 g/mol. The van der Waals surface area contributed by atoms with Crippen LogP contribution in [0.25, 0.3) is 62.2 Å². The highest BCUT2D eigenvalue weighted by Gasteiger charge is 2.27. The summed E-state index contributed by atoms with van der Waals surface area (Å²) in [4.78, 5) is 67.0. The molecule has 0 saturated heterocycles. The smallest absolute Gasteiger partial charge is 0.348 e. The number of carbonyl (C=O) groups excluding carboxylic acids is 1. The second kappa shape index (κ2) is 36.9. The number of hydrogen-bond acceptors (Lipinski definition) is 22. The second-order valence-electron chi connectivity index (χ2n) is 21.1. The lowest BCUT2D eigenvalue weighted by Crippen LogP contribution is -2.02. The number of aryl methyl sites for hydroxylation is 8. The maximum Gasteiger partial charge on any atom is 0.348 e. The molecule has 9 heterocycles. The molecule has 27 nitrogen and oxygen atoms in total. The number of ether oxygens (including phenoxy) is 1. The first-order valence-electron chi connectivity index (χ1n) is 29.7. The van der Waals surface area contributed by atoms with Crippen LogP contribution in [0.2, 0.25) is 15.1 Å². The molecule has 0 saturated carbocycles. The molecule has 0 bridgehead atoms. The van der Waals surface area contributed by atoms with Gasteiger partial charge in [-0.25, -0.2) is 24.0 Å². The molecule has 9 aromatic heterocycles. The quantitative estimate of drug-likeness (QED) is 0.0470. The van der Waals surface area contributed by atoms with E-state index in [1.165, 1.54) is 18.3 Å². The van der Waals surface area contributed by atoms with E-state index in [9.17, 15) is 28.8 Å². The normalized spacial score (nSPS) is 10.3. The van der Waals surface area contributed by atoms with Crippen LogP contribution in [0.15, 0.2) is 171 Å². The van der Waals surface area contributed by atoms with E-state index in [0.717, 1.165) is 28.3 Å². The molecular formula is C70H59BrCl4N8O19S. The highest BCUT2D eigenvalue weighted by molar-refractivity contribution is 9.09. The van der Waals surface area contributed by atoms with Crippen molar-refractivity contribution < 1.29 is 90.7 Å². The number of ketones is 1. The summed E-state index contributed by atoms with van der Waals surface area (Å²) in [5, 5.41) is 74.4. The molecule has 534 valence electrons. The van der Waals surface area contributed by atoms with Crippen LogP contribution >= 0.6 is 73.7 Å². The van der Waals surface area contributed by atoms with Crippen molar-refractivity contribution in [3.05, 3.63) is 238 Å². The fourth-order valence-corrected chi connectivity index (χ4v) is 11.3. The Hall–Kier alpha value is -11.2. The molecule has 5 N–H and O–H groups in total. The van der Waals surface area contributed by atoms with Crippen molar-refractivity contribution in [1.29, 1.82) is 0 Å². The first-order valence-corrected chi connectivity index (χ1v) is 33.4. The lowest BCUT2D eigenvalue weighted by Gasteiger charge is -2.03. The molecule has 0 amide bonds. The van der Waals surface area contributed by atoms with Gasteiger partial charge in [0.05, 0.1) is 51.0 Å². The fourth-order valence-electron chi connectivity index (χ4n) is 9.20. The third kappa shape index (κ3) is 20.1. The largest absolute Gasteiger partial charge is 0.497 e. The molecule has 0 aliphatic heterocycles. The van der Waals surface area contributed by atoms with Crippen LogP contribution in [-0.2, 0) is 5.88 Å². The topological polar surface area (TPSA) is 400 Å². The molecule has 13 rings (SSSR count). The van der Waals surface area contributed by atoms with Crippen LogP contribution in [0, 0.1) is 55.4 Å². The molecule has 103 heavy (non-hydrogen) atoms. The molecule has 13 aromatic rings. The lowest BCUT2D eigenvalue weighted by atomic mass is 10.0. The minimum atomic E-state index is -1.13. The molecule has 0 fully saturated rings. The molecule has 0 aliphatic carbocycles. The van der Waals surface area contributed by atoms with Gasteiger partial charge >= 0.3 is 29.8 Å². The Labute approximate surface area is 616 Å². The van der Waals surface area contributed by atoms with Crippen molar-refractivity contribution >= 4 is 109 Å². The van der Waals surface area contributed by atoms with Crippen molar-refractivity contribution in [1.82, 2.24) is 40.7 Å². The molecule has 0 radical (unpaired) electrons. The van der Waals surface area contributed by atoms with Gasteiger partial charge in [-0.3, -0.25) is 4.79 Å². The predicted molar refractivity (Wildman–Crippen MR) is 382 cm³/mol. The molecule has 0 unspecified atom stereocenters. The summed E-state index contributed by atoms with van der Waals surface area (Å²) in [6, 6.07) is 35.3. The fraction of sp³-hybridized carbons (Fsp3) is 0.157. The number of nitrogens with zero attached hydrogens (tertiary/aromatic N) is 8. The zero-order chi connectivity index (χ0) is 75.4. The number of alkyl halides is 2. The number of Topliss-reactive ketones (excluding diaryl/α,β-unsaturated/α-hetero) is 1. The standard InChI is InChI=1S/C12H10BrNO2.C12H11NO4.C11H7Cl2NO3.C11H8ClNO3.C9H8N2O4.C9H7NO2S.C6H8ClNO/c1-8-11(10(15)7-13)12(14-16-8)9-5-3-2-4-6-9;1-7-10(12(14)15)11(13-17-7)8-3-5-9(16-2)6-4-8;1-5-8(11(15)16)10(14-17-5)9-6(12)3-2-4-7(9)13;1-6-9(11(14)15)10(13-16-6)7-2-4-8(12)5-3-7;1-4-3-6(11-14-4)8-7(9(12)13)5(2)10-15-8;11-9(12)8-7(3-6-13-8)10-4-1-2-5-10;1-4-6(3-7)5(2)9-8-4/h2-6H,7H2,1H3;3-6H,1-2H3,(H,14,15);2-4H,1H3,(H,15,16);2-5H,1H3,(H,14,15);3H,1-2H3,(H,12,13);1-6H,(H,11,12);3H2,1-2H3. The van der Waals surface area contributed by atoms with Crippen LogP contribution in [0.3, 0.4) is 0 Å². The molecule has 4 aromatic carbocycles. The van der Waals surface area contributed by atoms with E-state index in [4.69, 9.17) is 108 Å². The summed E-state index contributed by atoms with van der Waals surface area (Å²) >= 11 is 27.7. The summed E-state index contributed by atoms with van der Waals surface area (Å²) < 4.78 is 41.1. The van der Waals surface area contributed by atoms with Gasteiger partial charge in [-0.15, -0.1) is 22.9 Å². The van der Waals surface area contributed by atoms with E-state index in [0.29, 0.717) is 99.6 Å². The van der Waals surface area contributed by atoms with Crippen LogP contribution in [0.4, 0.5) is 0 Å². The SMILES string of the molecule is COc1ccc(-c2noc(C)c2C(=O)O)cc1.Cc1cc(-c2onc(C)c2C(=O)O)no1.Cc1noc(C)c1CCl.Cc1onc(-c2c(Cl)cccc2Cl)c1C(=O)O.Cc1onc(-c2ccc(Cl)cc2)c1C(=O)O.Cc1onc(-c2ccccc2)c1C(=O)CBr.O=C(O)c1sccc1-n1cccc1. The Morgan fingerprint density at radius 3 is 1.38 bits per heavy atom. The summed E-state index contributed by atoms with van der Waals surface area (Å²) in [7, 11) is 1.57. The molecular weight excluding hydrogens is 1510 g/mol. The average molecular weight is 1570 g/mol.